The summed E-state index contributed by atoms with van der Waals surface area (Å²) in [5, 5.41) is 5.74. The van der Waals surface area contributed by atoms with Gasteiger partial charge in [-0.1, -0.05) is 60.2 Å². The molecule has 0 unspecified atom stereocenters. The summed E-state index contributed by atoms with van der Waals surface area (Å²) >= 11 is 0. The maximum atomic E-state index is 14.1. The minimum Gasteiger partial charge on any atom is -0.497 e. The third-order valence-corrected chi connectivity index (χ3v) is 9.95. The zero-order valence-corrected chi connectivity index (χ0v) is 28.0. The molecule has 252 valence electrons. The fourth-order valence-corrected chi connectivity index (χ4v) is 6.71. The lowest BCUT2D eigenvalue weighted by molar-refractivity contribution is -0.143. The number of carbonyl (C=O) groups excluding carboxylic acids is 3. The quantitative estimate of drug-likeness (QED) is 0.206. The molecule has 0 aromatic heterocycles. The van der Waals surface area contributed by atoms with Gasteiger partial charge in [0.1, 0.15) is 17.8 Å². The molecular weight excluding hydrogens is 618 g/mol. The number of nitrogens with two attached hydrogens (primary N) is 1. The Morgan fingerprint density at radius 2 is 1.66 bits per heavy atom. The van der Waals surface area contributed by atoms with Crippen LogP contribution in [-0.4, -0.2) is 75.9 Å². The van der Waals surface area contributed by atoms with Gasteiger partial charge in [-0.2, -0.15) is 0 Å². The van der Waals surface area contributed by atoms with E-state index >= 15 is 0 Å². The molecule has 0 bridgehead atoms. The number of hydrogen-bond acceptors (Lipinski definition) is 7. The monoisotopic (exact) mass is 663 g/mol. The molecule has 3 aromatic carbocycles. The third-order valence-electron chi connectivity index (χ3n) is 8.51. The number of benzene rings is 3. The van der Waals surface area contributed by atoms with Crippen LogP contribution in [0, 0.1) is 12.8 Å². The van der Waals surface area contributed by atoms with Crippen molar-refractivity contribution in [2.24, 2.45) is 11.7 Å². The van der Waals surface area contributed by atoms with E-state index in [-0.39, 0.29) is 30.3 Å². The fraction of sp³-hybridized carbons (Fsp3) is 0.400. The molecule has 3 amide bonds. The van der Waals surface area contributed by atoms with Crippen LogP contribution < -0.4 is 25.8 Å². The van der Waals surface area contributed by atoms with Crippen molar-refractivity contribution in [1.29, 1.82) is 0 Å². The first-order valence-corrected chi connectivity index (χ1v) is 17.3. The van der Waals surface area contributed by atoms with Crippen molar-refractivity contribution in [3.05, 3.63) is 95.6 Å². The molecule has 4 atom stereocenters. The second kappa shape index (κ2) is 16.5. The van der Waals surface area contributed by atoms with Gasteiger partial charge in [-0.3, -0.25) is 14.4 Å². The Hall–Kier alpha value is -4.26. The largest absolute Gasteiger partial charge is 0.497 e. The zero-order chi connectivity index (χ0) is 34.0. The number of sulfonamides is 1. The molecule has 1 fully saturated rings. The Balaban J connectivity index is 1.47. The molecule has 1 heterocycles. The molecule has 3 aromatic rings. The van der Waals surface area contributed by atoms with Gasteiger partial charge in [0, 0.05) is 25.6 Å². The van der Waals surface area contributed by atoms with Crippen molar-refractivity contribution >= 4 is 27.7 Å². The van der Waals surface area contributed by atoms with Crippen LogP contribution in [0.15, 0.2) is 83.8 Å². The van der Waals surface area contributed by atoms with Crippen LogP contribution in [0.4, 0.5) is 0 Å². The molecule has 47 heavy (non-hydrogen) atoms. The lowest BCUT2D eigenvalue weighted by atomic mass is 9.94. The van der Waals surface area contributed by atoms with Gasteiger partial charge in [0.05, 0.1) is 18.0 Å². The van der Waals surface area contributed by atoms with Gasteiger partial charge in [-0.25, -0.2) is 13.1 Å². The number of methoxy groups -OCH3 is 1. The first-order chi connectivity index (χ1) is 22.5. The SMILES string of the molecule is COc1ccc(CCNC(=O)[C@H](C)N2CCC[C@H](CNS(=O)(=O)c3ccc(C)cc3)[C@H](NC(=O)[C@H](N)Cc3ccccc3)C2=O)cc1. The van der Waals surface area contributed by atoms with E-state index in [1.54, 1.807) is 26.2 Å². The van der Waals surface area contributed by atoms with Crippen LogP contribution in [0.2, 0.25) is 0 Å². The van der Waals surface area contributed by atoms with E-state index in [1.807, 2.05) is 61.5 Å². The molecule has 0 spiro atoms. The number of aryl methyl sites for hydroxylation is 1. The number of nitrogens with zero attached hydrogens (tertiary/aromatic N) is 1. The molecule has 0 saturated carbocycles. The second-order valence-corrected chi connectivity index (χ2v) is 13.7. The van der Waals surface area contributed by atoms with Gasteiger partial charge >= 0.3 is 0 Å². The number of likely N-dealkylation sites (tertiary alicyclic amines) is 1. The van der Waals surface area contributed by atoms with Crippen molar-refractivity contribution in [3.63, 3.8) is 0 Å². The van der Waals surface area contributed by atoms with Gasteiger partial charge in [0.2, 0.25) is 27.7 Å². The highest BCUT2D eigenvalue weighted by Crippen LogP contribution is 2.22. The third kappa shape index (κ3) is 9.87. The second-order valence-electron chi connectivity index (χ2n) is 11.9. The van der Waals surface area contributed by atoms with E-state index in [1.165, 1.54) is 17.0 Å². The van der Waals surface area contributed by atoms with Crippen LogP contribution in [0.25, 0.3) is 0 Å². The first kappa shape index (κ1) is 35.6. The van der Waals surface area contributed by atoms with E-state index in [2.05, 4.69) is 15.4 Å². The first-order valence-electron chi connectivity index (χ1n) is 15.9. The molecule has 1 saturated heterocycles. The Kier molecular flexibility index (Phi) is 12.5. The number of amides is 3. The molecule has 1 aliphatic heterocycles. The number of nitrogens with one attached hydrogen (secondary N) is 3. The normalized spacial score (nSPS) is 18.1. The van der Waals surface area contributed by atoms with Crippen LogP contribution >= 0.6 is 0 Å². The fourth-order valence-electron chi connectivity index (χ4n) is 5.61. The summed E-state index contributed by atoms with van der Waals surface area (Å²) in [7, 11) is -2.28. The Morgan fingerprint density at radius 3 is 2.32 bits per heavy atom. The number of hydrogen-bond donors (Lipinski definition) is 4. The van der Waals surface area contributed by atoms with Crippen LogP contribution in [0.5, 0.6) is 5.75 Å². The van der Waals surface area contributed by atoms with E-state index < -0.39 is 45.9 Å². The van der Waals surface area contributed by atoms with Gasteiger partial charge < -0.3 is 26.0 Å². The average molecular weight is 664 g/mol. The maximum Gasteiger partial charge on any atom is 0.246 e. The number of ether oxygens (including phenoxy) is 1. The summed E-state index contributed by atoms with van der Waals surface area (Å²) in [4.78, 5) is 42.3. The van der Waals surface area contributed by atoms with E-state index in [0.29, 0.717) is 25.8 Å². The average Bonchev–Trinajstić information content (AvgIpc) is 3.22. The van der Waals surface area contributed by atoms with Gasteiger partial charge in [0.25, 0.3) is 0 Å². The van der Waals surface area contributed by atoms with Crippen molar-refractivity contribution in [2.45, 2.75) is 62.6 Å². The van der Waals surface area contributed by atoms with Crippen molar-refractivity contribution in [1.82, 2.24) is 20.3 Å². The van der Waals surface area contributed by atoms with Gasteiger partial charge in [-0.15, -0.1) is 0 Å². The topological polar surface area (TPSA) is 160 Å². The predicted octanol–water partition coefficient (Wildman–Crippen LogP) is 2.32. The van der Waals surface area contributed by atoms with E-state index in [9.17, 15) is 22.8 Å². The van der Waals surface area contributed by atoms with Crippen LogP contribution in [-0.2, 0) is 37.2 Å². The van der Waals surface area contributed by atoms with Gasteiger partial charge in [0.15, 0.2) is 0 Å². The predicted molar refractivity (Wildman–Crippen MR) is 180 cm³/mol. The molecular formula is C35H45N5O6S. The summed E-state index contributed by atoms with van der Waals surface area (Å²) in [6.07, 6.45) is 1.80. The van der Waals surface area contributed by atoms with Crippen LogP contribution in [0.1, 0.15) is 36.5 Å². The number of carbonyl (C=O) groups is 3. The highest BCUT2D eigenvalue weighted by Gasteiger charge is 2.39. The minimum atomic E-state index is -3.88. The standard InChI is InChI=1S/C35H45N5O6S/c1-24-11-17-30(18-12-24)47(44,45)38-23-28-10-7-21-40(25(2)33(41)37-20-19-26-13-15-29(46-3)16-14-26)35(43)32(28)39-34(42)31(36)22-27-8-5-4-6-9-27/h4-6,8-9,11-18,25,28,31-32,38H,7,10,19-23,36H2,1-3H3,(H,37,41)(H,39,42)/t25-,28+,31+,32-/m0/s1. The molecule has 11 nitrogen and oxygen atoms in total. The summed E-state index contributed by atoms with van der Waals surface area (Å²) in [5.41, 5.74) is 9.08. The van der Waals surface area contributed by atoms with Gasteiger partial charge in [-0.05, 0) is 74.9 Å². The Labute approximate surface area is 277 Å². The Morgan fingerprint density at radius 1 is 0.979 bits per heavy atom. The summed E-state index contributed by atoms with van der Waals surface area (Å²) in [6, 6.07) is 20.5. The Bertz CT molecular complexity index is 1600. The molecule has 0 aliphatic carbocycles. The molecule has 0 radical (unpaired) electrons. The van der Waals surface area contributed by atoms with Crippen molar-refractivity contribution in [2.75, 3.05) is 26.7 Å². The number of rotatable bonds is 14. The highest BCUT2D eigenvalue weighted by atomic mass is 32.2. The van der Waals surface area contributed by atoms with E-state index in [0.717, 1.165) is 22.4 Å². The smallest absolute Gasteiger partial charge is 0.246 e. The molecule has 12 heteroatoms. The highest BCUT2D eigenvalue weighted by molar-refractivity contribution is 7.89. The summed E-state index contributed by atoms with van der Waals surface area (Å²) in [5.74, 6) is -1.14. The van der Waals surface area contributed by atoms with Crippen molar-refractivity contribution in [3.8, 4) is 5.75 Å². The molecule has 4 rings (SSSR count). The summed E-state index contributed by atoms with van der Waals surface area (Å²) < 4.78 is 34.1. The zero-order valence-electron chi connectivity index (χ0n) is 27.1. The minimum absolute atomic E-state index is 0.0862. The molecule has 5 N–H and O–H groups in total. The molecule has 1 aliphatic rings. The lowest BCUT2D eigenvalue weighted by Gasteiger charge is -2.32. The van der Waals surface area contributed by atoms with Crippen molar-refractivity contribution < 1.29 is 27.5 Å². The maximum absolute atomic E-state index is 14.1. The lowest BCUT2D eigenvalue weighted by Crippen LogP contribution is -2.59. The van der Waals surface area contributed by atoms with E-state index in [4.69, 9.17) is 10.5 Å². The summed E-state index contributed by atoms with van der Waals surface area (Å²) in [6.45, 7) is 4.08. The van der Waals surface area contributed by atoms with Crippen LogP contribution in [0.3, 0.4) is 0 Å².